The Balaban J connectivity index is 1.94. The maximum atomic E-state index is 11.5. The highest BCUT2D eigenvalue weighted by molar-refractivity contribution is 7.09. The molecule has 110 valence electrons. The molecular weight excluding hydrogens is 308 g/mol. The predicted octanol–water partition coefficient (Wildman–Crippen LogP) is 3.41. The maximum Gasteiger partial charge on any atom is 0.257 e. The van der Waals surface area contributed by atoms with Gasteiger partial charge >= 0.3 is 0 Å². The van der Waals surface area contributed by atoms with Gasteiger partial charge in [0.1, 0.15) is 0 Å². The lowest BCUT2D eigenvalue weighted by Crippen LogP contribution is -2.21. The third-order valence-corrected chi connectivity index (χ3v) is 4.73. The van der Waals surface area contributed by atoms with Gasteiger partial charge in [-0.15, -0.1) is 11.3 Å². The summed E-state index contributed by atoms with van der Waals surface area (Å²) in [5, 5.41) is 15.1. The molecule has 1 amide bonds. The lowest BCUT2D eigenvalue weighted by Gasteiger charge is -2.24. The fourth-order valence-corrected chi connectivity index (χ4v) is 3.47. The van der Waals surface area contributed by atoms with Gasteiger partial charge in [0, 0.05) is 22.7 Å². The molecule has 0 saturated carbocycles. The molecule has 1 atom stereocenters. The van der Waals surface area contributed by atoms with Crippen molar-refractivity contribution in [3.8, 4) is 0 Å². The van der Waals surface area contributed by atoms with Crippen molar-refractivity contribution in [3.05, 3.63) is 45.1 Å². The van der Waals surface area contributed by atoms with E-state index in [0.29, 0.717) is 16.3 Å². The van der Waals surface area contributed by atoms with E-state index in [-0.39, 0.29) is 0 Å². The SMILES string of the molecule is CCN(Cc1cccs1)c1cc2c(cc1Cl)C(O)C(=O)N2. The van der Waals surface area contributed by atoms with Crippen LogP contribution in [-0.4, -0.2) is 17.6 Å². The summed E-state index contributed by atoms with van der Waals surface area (Å²) in [6, 6.07) is 7.61. The monoisotopic (exact) mass is 322 g/mol. The Labute approximate surface area is 132 Å². The molecule has 1 aliphatic rings. The Morgan fingerprint density at radius 3 is 2.95 bits per heavy atom. The zero-order valence-electron chi connectivity index (χ0n) is 11.5. The normalized spacial score (nSPS) is 16.7. The number of carbonyl (C=O) groups excluding carboxylic acids is 1. The van der Waals surface area contributed by atoms with E-state index in [4.69, 9.17) is 11.6 Å². The van der Waals surface area contributed by atoms with Crippen molar-refractivity contribution in [2.75, 3.05) is 16.8 Å². The highest BCUT2D eigenvalue weighted by atomic mass is 35.5. The van der Waals surface area contributed by atoms with Gasteiger partial charge in [0.25, 0.3) is 5.91 Å². The molecule has 0 radical (unpaired) electrons. The number of rotatable bonds is 4. The molecule has 0 fully saturated rings. The van der Waals surface area contributed by atoms with E-state index in [1.54, 1.807) is 17.4 Å². The van der Waals surface area contributed by atoms with Crippen LogP contribution >= 0.6 is 22.9 Å². The van der Waals surface area contributed by atoms with Gasteiger partial charge in [0.15, 0.2) is 6.10 Å². The third-order valence-electron chi connectivity index (χ3n) is 3.57. The van der Waals surface area contributed by atoms with E-state index in [0.717, 1.165) is 18.8 Å². The second kappa shape index (κ2) is 5.67. The average molecular weight is 323 g/mol. The number of aliphatic hydroxyl groups excluding tert-OH is 1. The number of benzene rings is 1. The Kier molecular flexibility index (Phi) is 3.89. The van der Waals surface area contributed by atoms with Crippen LogP contribution in [0.1, 0.15) is 23.5 Å². The van der Waals surface area contributed by atoms with Crippen molar-refractivity contribution in [2.45, 2.75) is 19.6 Å². The summed E-state index contributed by atoms with van der Waals surface area (Å²) in [5.74, 6) is -0.403. The second-order valence-corrected chi connectivity index (χ2v) is 6.32. The number of nitrogens with one attached hydrogen (secondary N) is 1. The molecule has 4 nitrogen and oxygen atoms in total. The van der Waals surface area contributed by atoms with Crippen molar-refractivity contribution in [2.24, 2.45) is 0 Å². The largest absolute Gasteiger partial charge is 0.378 e. The Bertz CT molecular complexity index is 673. The molecule has 2 aromatic rings. The molecule has 2 heterocycles. The first kappa shape index (κ1) is 14.4. The molecule has 2 N–H and O–H groups in total. The zero-order chi connectivity index (χ0) is 15.0. The lowest BCUT2D eigenvalue weighted by molar-refractivity contribution is -0.123. The van der Waals surface area contributed by atoms with Gasteiger partial charge in [-0.3, -0.25) is 4.79 Å². The van der Waals surface area contributed by atoms with Crippen LogP contribution in [0.4, 0.5) is 11.4 Å². The van der Waals surface area contributed by atoms with E-state index >= 15 is 0 Å². The number of hydrogen-bond donors (Lipinski definition) is 2. The molecule has 1 unspecified atom stereocenters. The first-order valence-corrected chi connectivity index (χ1v) is 7.95. The van der Waals surface area contributed by atoms with Gasteiger partial charge in [0.05, 0.1) is 17.3 Å². The minimum absolute atomic E-state index is 0.403. The van der Waals surface area contributed by atoms with Gasteiger partial charge in [-0.25, -0.2) is 0 Å². The summed E-state index contributed by atoms with van der Waals surface area (Å²) in [6.07, 6.45) is -1.13. The van der Waals surface area contributed by atoms with E-state index in [9.17, 15) is 9.90 Å². The van der Waals surface area contributed by atoms with E-state index in [1.807, 2.05) is 17.5 Å². The van der Waals surface area contributed by atoms with Crippen molar-refractivity contribution in [1.82, 2.24) is 0 Å². The summed E-state index contributed by atoms with van der Waals surface area (Å²) in [5.41, 5.74) is 2.04. The molecule has 21 heavy (non-hydrogen) atoms. The van der Waals surface area contributed by atoms with Crippen LogP contribution < -0.4 is 10.2 Å². The van der Waals surface area contributed by atoms with E-state index in [2.05, 4.69) is 23.2 Å². The molecular formula is C15H15ClN2O2S. The van der Waals surface area contributed by atoms with E-state index < -0.39 is 12.0 Å². The molecule has 1 aromatic carbocycles. The first-order chi connectivity index (χ1) is 10.1. The molecule has 6 heteroatoms. The summed E-state index contributed by atoms with van der Waals surface area (Å²) in [6.45, 7) is 3.63. The number of hydrogen-bond acceptors (Lipinski definition) is 4. The minimum Gasteiger partial charge on any atom is -0.378 e. The Morgan fingerprint density at radius 1 is 1.48 bits per heavy atom. The molecule has 0 spiro atoms. The zero-order valence-corrected chi connectivity index (χ0v) is 13.0. The number of amides is 1. The molecule has 0 saturated heterocycles. The van der Waals surface area contributed by atoms with Gasteiger partial charge in [-0.2, -0.15) is 0 Å². The molecule has 3 rings (SSSR count). The topological polar surface area (TPSA) is 52.6 Å². The van der Waals surface area contributed by atoms with Gasteiger partial charge in [0.2, 0.25) is 0 Å². The van der Waals surface area contributed by atoms with Crippen LogP contribution in [0.25, 0.3) is 0 Å². The van der Waals surface area contributed by atoms with Gasteiger partial charge in [-0.05, 0) is 30.5 Å². The van der Waals surface area contributed by atoms with Crippen LogP contribution in [0.2, 0.25) is 5.02 Å². The smallest absolute Gasteiger partial charge is 0.257 e. The Morgan fingerprint density at radius 2 is 2.29 bits per heavy atom. The van der Waals surface area contributed by atoms with Crippen LogP contribution in [0.15, 0.2) is 29.6 Å². The molecule has 0 bridgehead atoms. The van der Waals surface area contributed by atoms with Crippen molar-refractivity contribution in [3.63, 3.8) is 0 Å². The summed E-state index contributed by atoms with van der Waals surface area (Å²) >= 11 is 8.05. The molecule has 1 aromatic heterocycles. The number of thiophene rings is 1. The minimum atomic E-state index is -1.13. The van der Waals surface area contributed by atoms with Gasteiger partial charge < -0.3 is 15.3 Å². The van der Waals surface area contributed by atoms with Gasteiger partial charge in [-0.1, -0.05) is 17.7 Å². The van der Waals surface area contributed by atoms with Crippen LogP contribution in [0, 0.1) is 0 Å². The average Bonchev–Trinajstić information content (AvgIpc) is 3.06. The summed E-state index contributed by atoms with van der Waals surface area (Å²) in [4.78, 5) is 14.9. The van der Waals surface area contributed by atoms with Crippen LogP contribution in [0.3, 0.4) is 0 Å². The highest BCUT2D eigenvalue weighted by Gasteiger charge is 2.30. The number of halogens is 1. The second-order valence-electron chi connectivity index (χ2n) is 4.88. The third kappa shape index (κ3) is 2.64. The summed E-state index contributed by atoms with van der Waals surface area (Å²) in [7, 11) is 0. The number of carbonyl (C=O) groups is 1. The highest BCUT2D eigenvalue weighted by Crippen LogP contribution is 2.39. The van der Waals surface area contributed by atoms with E-state index in [1.165, 1.54) is 4.88 Å². The quantitative estimate of drug-likeness (QED) is 0.907. The lowest BCUT2D eigenvalue weighted by atomic mass is 10.1. The first-order valence-electron chi connectivity index (χ1n) is 6.70. The fraction of sp³-hybridized carbons (Fsp3) is 0.267. The molecule has 1 aliphatic heterocycles. The number of nitrogens with zero attached hydrogens (tertiary/aromatic N) is 1. The Hall–Kier alpha value is -1.56. The number of fused-ring (bicyclic) bond motifs is 1. The number of anilines is 2. The van der Waals surface area contributed by atoms with Crippen LogP contribution in [0.5, 0.6) is 0 Å². The standard InChI is InChI=1S/C15H15ClN2O2S/c1-2-18(8-9-4-3-5-21-9)13-7-12-10(6-11(13)16)14(19)15(20)17-12/h3-7,14,19H,2,8H2,1H3,(H,17,20). The summed E-state index contributed by atoms with van der Waals surface area (Å²) < 4.78 is 0. The maximum absolute atomic E-state index is 11.5. The van der Waals surface area contributed by atoms with Crippen molar-refractivity contribution < 1.29 is 9.90 Å². The predicted molar refractivity (Wildman–Crippen MR) is 86.1 cm³/mol. The van der Waals surface area contributed by atoms with Crippen molar-refractivity contribution in [1.29, 1.82) is 0 Å². The fourth-order valence-electron chi connectivity index (χ4n) is 2.45. The van der Waals surface area contributed by atoms with Crippen LogP contribution in [-0.2, 0) is 11.3 Å². The number of aliphatic hydroxyl groups is 1. The van der Waals surface area contributed by atoms with Crippen molar-refractivity contribution >= 4 is 40.2 Å². The molecule has 0 aliphatic carbocycles.